The third-order valence-electron chi connectivity index (χ3n) is 6.75. The Morgan fingerprint density at radius 1 is 1.14 bits per heavy atom. The zero-order valence-electron chi connectivity index (χ0n) is 19.9. The first-order valence-corrected chi connectivity index (χ1v) is 12.8. The monoisotopic (exact) mass is 496 g/mol. The summed E-state index contributed by atoms with van der Waals surface area (Å²) in [6, 6.07) is 10.2. The first-order valence-electron chi connectivity index (χ1n) is 11.9. The first kappa shape index (κ1) is 23.7. The van der Waals surface area contributed by atoms with E-state index in [-0.39, 0.29) is 5.54 Å². The molecule has 10 nitrogen and oxygen atoms in total. The third-order valence-corrected chi connectivity index (χ3v) is 7.42. The van der Waals surface area contributed by atoms with E-state index < -0.39 is 0 Å². The van der Waals surface area contributed by atoms with E-state index in [9.17, 15) is 0 Å². The number of oxime groups is 1. The van der Waals surface area contributed by atoms with Gasteiger partial charge < -0.3 is 31.3 Å². The molecule has 5 N–H and O–H groups in total. The van der Waals surface area contributed by atoms with Crippen LogP contribution in [0.3, 0.4) is 0 Å². The fourth-order valence-corrected chi connectivity index (χ4v) is 5.13. The number of piperazine rings is 1. The van der Waals surface area contributed by atoms with Gasteiger partial charge in [-0.05, 0) is 37.3 Å². The summed E-state index contributed by atoms with van der Waals surface area (Å²) in [4.78, 5) is 19.3. The quantitative estimate of drug-likeness (QED) is 0.229. The lowest BCUT2D eigenvalue weighted by atomic mass is 9.89. The average Bonchev–Trinajstić information content (AvgIpc) is 3.30. The second-order valence-corrected chi connectivity index (χ2v) is 9.85. The van der Waals surface area contributed by atoms with Crippen LogP contribution in [-0.4, -0.2) is 85.1 Å². The maximum absolute atomic E-state index is 6.06. The molecule has 2 saturated heterocycles. The highest BCUT2D eigenvalue weighted by atomic mass is 32.1. The molecule has 4 heterocycles. The van der Waals surface area contributed by atoms with Gasteiger partial charge in [0.25, 0.3) is 0 Å². The minimum Gasteiger partial charge on any atom is -0.490 e. The van der Waals surface area contributed by atoms with Crippen molar-refractivity contribution < 1.29 is 9.57 Å². The molecular formula is C24H32N8O2S. The number of nitrogens with two attached hydrogens (primary N) is 2. The standard InChI is InChI=1S/C24H32N8O2S/c1-17(21-13-35-23(26)29-21)30-34-11-10-33-19-3-4-20-18(12-19)2-5-22(28-20)31-6-8-32(9-7-31)24(14-25)15-27-16-24/h2-5,12-13,27H,6-11,14-16,25H2,1H3,(H2,26,29)/b30-17+. The van der Waals surface area contributed by atoms with E-state index in [1.54, 1.807) is 0 Å². The molecule has 1 aromatic carbocycles. The molecule has 5 rings (SSSR count). The van der Waals surface area contributed by atoms with E-state index >= 15 is 0 Å². The molecule has 35 heavy (non-hydrogen) atoms. The Bertz CT molecular complexity index is 1180. The molecule has 2 aliphatic rings. The van der Waals surface area contributed by atoms with E-state index in [2.05, 4.69) is 37.4 Å². The summed E-state index contributed by atoms with van der Waals surface area (Å²) in [6.45, 7) is 9.17. The van der Waals surface area contributed by atoms with E-state index in [0.29, 0.717) is 30.6 Å². The number of benzene rings is 1. The van der Waals surface area contributed by atoms with Crippen LogP contribution >= 0.6 is 11.3 Å². The molecule has 3 aromatic rings. The Hall–Kier alpha value is -2.99. The number of thiazole rings is 1. The number of nitrogen functional groups attached to an aromatic ring is 1. The minimum atomic E-state index is 0.144. The highest BCUT2D eigenvalue weighted by Gasteiger charge is 2.42. The van der Waals surface area contributed by atoms with Gasteiger partial charge >= 0.3 is 0 Å². The first-order chi connectivity index (χ1) is 17.1. The van der Waals surface area contributed by atoms with Gasteiger partial charge in [-0.3, -0.25) is 4.90 Å². The molecule has 2 fully saturated rings. The van der Waals surface area contributed by atoms with E-state index in [1.165, 1.54) is 11.3 Å². The molecule has 186 valence electrons. The highest BCUT2D eigenvalue weighted by molar-refractivity contribution is 7.13. The summed E-state index contributed by atoms with van der Waals surface area (Å²) in [6.07, 6.45) is 0. The molecule has 2 aliphatic heterocycles. The maximum Gasteiger partial charge on any atom is 0.180 e. The van der Waals surface area contributed by atoms with Crippen molar-refractivity contribution >= 4 is 38.9 Å². The largest absolute Gasteiger partial charge is 0.490 e. The number of aromatic nitrogens is 2. The van der Waals surface area contributed by atoms with Crippen molar-refractivity contribution in [1.82, 2.24) is 20.2 Å². The molecule has 0 aliphatic carbocycles. The van der Waals surface area contributed by atoms with Gasteiger partial charge in [0.2, 0.25) is 0 Å². The number of rotatable bonds is 9. The molecule has 0 amide bonds. The predicted molar refractivity (Wildman–Crippen MR) is 140 cm³/mol. The van der Waals surface area contributed by atoms with Crippen molar-refractivity contribution in [2.24, 2.45) is 10.9 Å². The summed E-state index contributed by atoms with van der Waals surface area (Å²) in [5.74, 6) is 1.79. The Morgan fingerprint density at radius 3 is 2.66 bits per heavy atom. The predicted octanol–water partition coefficient (Wildman–Crippen LogP) is 1.52. The number of anilines is 2. The van der Waals surface area contributed by atoms with Crippen molar-refractivity contribution in [3.8, 4) is 5.75 Å². The van der Waals surface area contributed by atoms with Gasteiger partial charge in [-0.1, -0.05) is 5.16 Å². The zero-order chi connectivity index (χ0) is 24.3. The van der Waals surface area contributed by atoms with Gasteiger partial charge in [0, 0.05) is 56.6 Å². The molecule has 0 spiro atoms. The lowest BCUT2D eigenvalue weighted by Gasteiger charge is -2.52. The molecular weight excluding hydrogens is 464 g/mol. The molecule has 0 saturated carbocycles. The number of nitrogens with one attached hydrogen (secondary N) is 1. The summed E-state index contributed by atoms with van der Waals surface area (Å²) >= 11 is 1.38. The molecule has 2 aromatic heterocycles. The van der Waals surface area contributed by atoms with E-state index in [0.717, 1.165) is 67.4 Å². The fraction of sp³-hybridized carbons (Fsp3) is 0.458. The van der Waals surface area contributed by atoms with Crippen molar-refractivity contribution in [2.75, 3.05) is 69.7 Å². The number of hydrogen-bond acceptors (Lipinski definition) is 11. The molecule has 0 bridgehead atoms. The zero-order valence-corrected chi connectivity index (χ0v) is 20.8. The smallest absolute Gasteiger partial charge is 0.180 e. The molecule has 0 radical (unpaired) electrons. The minimum absolute atomic E-state index is 0.144. The number of fused-ring (bicyclic) bond motifs is 1. The Labute approximate surface area is 208 Å². The van der Waals surface area contributed by atoms with Crippen molar-refractivity contribution in [1.29, 1.82) is 0 Å². The van der Waals surface area contributed by atoms with Crippen LogP contribution in [0.25, 0.3) is 10.9 Å². The van der Waals surface area contributed by atoms with Crippen LogP contribution in [0.1, 0.15) is 12.6 Å². The third kappa shape index (κ3) is 5.18. The lowest BCUT2D eigenvalue weighted by molar-refractivity contribution is 0.0398. The number of ether oxygens (including phenoxy) is 1. The Morgan fingerprint density at radius 2 is 1.97 bits per heavy atom. The normalized spacial score (nSPS) is 18.5. The number of hydrogen-bond donors (Lipinski definition) is 3. The van der Waals surface area contributed by atoms with Gasteiger partial charge in [0.05, 0.1) is 11.1 Å². The van der Waals surface area contributed by atoms with Crippen molar-refractivity contribution in [3.05, 3.63) is 41.4 Å². The van der Waals surface area contributed by atoms with Crippen LogP contribution in [0, 0.1) is 0 Å². The number of pyridine rings is 1. The van der Waals surface area contributed by atoms with Crippen molar-refractivity contribution in [2.45, 2.75) is 12.5 Å². The Kier molecular flexibility index (Phi) is 7.00. The van der Waals surface area contributed by atoms with Crippen molar-refractivity contribution in [3.63, 3.8) is 0 Å². The summed E-state index contributed by atoms with van der Waals surface area (Å²) < 4.78 is 5.84. The van der Waals surface area contributed by atoms with E-state index in [4.69, 9.17) is 26.0 Å². The average molecular weight is 497 g/mol. The second kappa shape index (κ2) is 10.3. The van der Waals surface area contributed by atoms with Crippen LogP contribution < -0.4 is 26.4 Å². The van der Waals surface area contributed by atoms with Gasteiger partial charge in [-0.2, -0.15) is 0 Å². The summed E-state index contributed by atoms with van der Waals surface area (Å²) in [7, 11) is 0. The summed E-state index contributed by atoms with van der Waals surface area (Å²) in [5.41, 5.74) is 14.2. The van der Waals surface area contributed by atoms with Gasteiger partial charge in [0.1, 0.15) is 29.6 Å². The van der Waals surface area contributed by atoms with Crippen LogP contribution in [0.2, 0.25) is 0 Å². The number of nitrogens with zero attached hydrogens (tertiary/aromatic N) is 5. The molecule has 0 unspecified atom stereocenters. The topological polar surface area (TPSA) is 127 Å². The van der Waals surface area contributed by atoms with Crippen LogP contribution in [0.5, 0.6) is 5.75 Å². The van der Waals surface area contributed by atoms with E-state index in [1.807, 2.05) is 30.5 Å². The van der Waals surface area contributed by atoms with Crippen LogP contribution in [-0.2, 0) is 4.84 Å². The fourth-order valence-electron chi connectivity index (χ4n) is 4.52. The molecule has 11 heteroatoms. The highest BCUT2D eigenvalue weighted by Crippen LogP contribution is 2.26. The second-order valence-electron chi connectivity index (χ2n) is 8.96. The van der Waals surface area contributed by atoms with Gasteiger partial charge in [-0.15, -0.1) is 11.3 Å². The van der Waals surface area contributed by atoms with Crippen LogP contribution in [0.15, 0.2) is 40.9 Å². The van der Waals surface area contributed by atoms with Gasteiger partial charge in [0.15, 0.2) is 11.7 Å². The maximum atomic E-state index is 6.06. The SMILES string of the molecule is C/C(=N\OCCOc1ccc2nc(N3CCN(C4(CN)CNC4)CC3)ccc2c1)c1csc(N)n1. The molecule has 0 atom stereocenters. The Balaban J connectivity index is 1.12. The van der Waals surface area contributed by atoms with Gasteiger partial charge in [-0.25, -0.2) is 9.97 Å². The summed E-state index contributed by atoms with van der Waals surface area (Å²) in [5, 5.41) is 10.9. The lowest BCUT2D eigenvalue weighted by Crippen LogP contribution is -2.74. The van der Waals surface area contributed by atoms with Crippen LogP contribution in [0.4, 0.5) is 10.9 Å².